The largest absolute Gasteiger partial charge is 0.505 e. The number of phenols is 1. The number of phenolic OH excluding ortho intramolecular Hbond substituents is 1. The molecule has 9 heteroatoms. The van der Waals surface area contributed by atoms with Crippen molar-refractivity contribution < 1.29 is 18.4 Å². The first-order chi connectivity index (χ1) is 9.83. The summed E-state index contributed by atoms with van der Waals surface area (Å²) in [5, 5.41) is 20.2. The number of thiophene rings is 1. The monoisotopic (exact) mass is 328 g/mol. The van der Waals surface area contributed by atoms with Gasteiger partial charge in [0, 0.05) is 10.9 Å². The molecule has 0 unspecified atom stereocenters. The number of nitrogens with one attached hydrogen (secondary N) is 1. The number of benzene rings is 1. The van der Waals surface area contributed by atoms with Crippen molar-refractivity contribution in [2.75, 3.05) is 4.72 Å². The van der Waals surface area contributed by atoms with Crippen molar-refractivity contribution in [3.8, 4) is 5.75 Å². The van der Waals surface area contributed by atoms with Crippen LogP contribution in [0.2, 0.25) is 0 Å². The summed E-state index contributed by atoms with van der Waals surface area (Å²) in [6.07, 6.45) is 0.725. The summed E-state index contributed by atoms with van der Waals surface area (Å²) < 4.78 is 26.7. The highest BCUT2D eigenvalue weighted by Crippen LogP contribution is 2.31. The zero-order chi connectivity index (χ0) is 15.6. The number of aryl methyl sites for hydroxylation is 1. The first-order valence-corrected chi connectivity index (χ1v) is 8.22. The minimum Gasteiger partial charge on any atom is -0.505 e. The molecule has 2 N–H and O–H groups in total. The van der Waals surface area contributed by atoms with Gasteiger partial charge in [0.2, 0.25) is 0 Å². The summed E-state index contributed by atoms with van der Waals surface area (Å²) in [6, 6.07) is 6.36. The van der Waals surface area contributed by atoms with E-state index in [1.807, 2.05) is 6.92 Å². The van der Waals surface area contributed by atoms with E-state index in [-0.39, 0.29) is 15.6 Å². The third kappa shape index (κ3) is 3.31. The molecule has 0 aliphatic rings. The topological polar surface area (TPSA) is 110 Å². The highest BCUT2D eigenvalue weighted by Gasteiger charge is 2.19. The molecule has 21 heavy (non-hydrogen) atoms. The molecule has 112 valence electrons. The normalized spacial score (nSPS) is 11.3. The number of hydrogen-bond donors (Lipinski definition) is 2. The molecule has 7 nitrogen and oxygen atoms in total. The van der Waals surface area contributed by atoms with E-state index in [2.05, 4.69) is 4.72 Å². The second-order valence-electron chi connectivity index (χ2n) is 4.14. The molecular formula is C12H12N2O5S2. The van der Waals surface area contributed by atoms with Gasteiger partial charge in [-0.25, -0.2) is 8.42 Å². The van der Waals surface area contributed by atoms with Crippen molar-refractivity contribution in [3.05, 3.63) is 45.3 Å². The Hall–Kier alpha value is -2.13. The third-order valence-electron chi connectivity index (χ3n) is 2.69. The minimum atomic E-state index is -3.82. The van der Waals surface area contributed by atoms with Crippen molar-refractivity contribution >= 4 is 32.7 Å². The van der Waals surface area contributed by atoms with Crippen LogP contribution >= 0.6 is 11.3 Å². The van der Waals surface area contributed by atoms with Gasteiger partial charge >= 0.3 is 0 Å². The van der Waals surface area contributed by atoms with Crippen molar-refractivity contribution in [3.63, 3.8) is 0 Å². The second kappa shape index (κ2) is 5.70. The molecule has 0 amide bonds. The lowest BCUT2D eigenvalue weighted by Crippen LogP contribution is -2.11. The Morgan fingerprint density at radius 2 is 2.05 bits per heavy atom. The molecule has 1 heterocycles. The number of nitro groups is 1. The van der Waals surface area contributed by atoms with Gasteiger partial charge < -0.3 is 5.11 Å². The highest BCUT2D eigenvalue weighted by atomic mass is 32.2. The molecule has 0 spiro atoms. The molecular weight excluding hydrogens is 316 g/mol. The third-order valence-corrected chi connectivity index (χ3v) is 5.77. The van der Waals surface area contributed by atoms with Crippen LogP contribution in [0, 0.1) is 10.1 Å². The van der Waals surface area contributed by atoms with Crippen LogP contribution in [0.1, 0.15) is 11.8 Å². The molecule has 0 aliphatic carbocycles. The van der Waals surface area contributed by atoms with Crippen molar-refractivity contribution in [1.82, 2.24) is 0 Å². The van der Waals surface area contributed by atoms with Crippen LogP contribution in [-0.2, 0) is 16.4 Å². The van der Waals surface area contributed by atoms with Crippen molar-refractivity contribution in [2.45, 2.75) is 17.6 Å². The van der Waals surface area contributed by atoms with E-state index in [9.17, 15) is 23.6 Å². The zero-order valence-corrected chi connectivity index (χ0v) is 12.6. The van der Waals surface area contributed by atoms with Crippen molar-refractivity contribution in [2.24, 2.45) is 0 Å². The van der Waals surface area contributed by atoms with Crippen LogP contribution in [0.3, 0.4) is 0 Å². The second-order valence-corrected chi connectivity index (χ2v) is 7.22. The maximum absolute atomic E-state index is 12.2. The molecule has 1 aromatic carbocycles. The number of rotatable bonds is 5. The summed E-state index contributed by atoms with van der Waals surface area (Å²) in [5.74, 6) is -0.500. The Labute approximate surface area is 125 Å². The SMILES string of the molecule is CCc1ccc(S(=O)(=O)Nc2ccc([N+](=O)[O-])cc2O)s1. The van der Waals surface area contributed by atoms with E-state index in [1.54, 1.807) is 6.07 Å². The van der Waals surface area contributed by atoms with Crippen LogP contribution in [0.4, 0.5) is 11.4 Å². The lowest BCUT2D eigenvalue weighted by molar-refractivity contribution is -0.384. The molecule has 0 atom stereocenters. The Bertz CT molecular complexity index is 783. The van der Waals surface area contributed by atoms with Crippen LogP contribution in [-0.4, -0.2) is 18.4 Å². The quantitative estimate of drug-likeness (QED) is 0.498. The number of non-ortho nitro benzene ring substituents is 1. The fraction of sp³-hybridized carbons (Fsp3) is 0.167. The summed E-state index contributed by atoms with van der Waals surface area (Å²) in [5.41, 5.74) is -0.424. The Morgan fingerprint density at radius 1 is 1.33 bits per heavy atom. The number of sulfonamides is 1. The average Bonchev–Trinajstić information content (AvgIpc) is 2.90. The molecule has 0 saturated heterocycles. The average molecular weight is 328 g/mol. The first-order valence-electron chi connectivity index (χ1n) is 5.92. The Morgan fingerprint density at radius 3 is 2.57 bits per heavy atom. The molecule has 2 aromatic rings. The molecule has 0 bridgehead atoms. The van der Waals surface area contributed by atoms with Gasteiger partial charge in [-0.05, 0) is 24.6 Å². The van der Waals surface area contributed by atoms with Crippen LogP contribution in [0.5, 0.6) is 5.75 Å². The maximum Gasteiger partial charge on any atom is 0.273 e. The number of nitrogens with zero attached hydrogens (tertiary/aromatic N) is 1. The van der Waals surface area contributed by atoms with Gasteiger partial charge in [0.1, 0.15) is 9.96 Å². The van der Waals surface area contributed by atoms with Crippen molar-refractivity contribution in [1.29, 1.82) is 0 Å². The minimum absolute atomic E-state index is 0.105. The van der Waals surface area contributed by atoms with Crippen LogP contribution < -0.4 is 4.72 Å². The molecule has 0 radical (unpaired) electrons. The predicted molar refractivity (Wildman–Crippen MR) is 79.3 cm³/mol. The lowest BCUT2D eigenvalue weighted by atomic mass is 10.3. The lowest BCUT2D eigenvalue weighted by Gasteiger charge is -2.07. The maximum atomic E-state index is 12.2. The Balaban J connectivity index is 2.30. The molecule has 0 saturated carbocycles. The van der Waals surface area contributed by atoms with Gasteiger partial charge in [0.15, 0.2) is 0 Å². The number of nitro benzene ring substituents is 1. The molecule has 2 rings (SSSR count). The van der Waals surface area contributed by atoms with E-state index in [1.165, 1.54) is 6.07 Å². The van der Waals surface area contributed by atoms with Crippen LogP contribution in [0.25, 0.3) is 0 Å². The number of hydrogen-bond acceptors (Lipinski definition) is 6. The van der Waals surface area contributed by atoms with Gasteiger partial charge in [0.05, 0.1) is 16.7 Å². The van der Waals surface area contributed by atoms with E-state index < -0.39 is 20.7 Å². The molecule has 0 aliphatic heterocycles. The summed E-state index contributed by atoms with van der Waals surface area (Å²) in [6.45, 7) is 1.91. The molecule has 0 fully saturated rings. The van der Waals surface area contributed by atoms with Gasteiger partial charge in [-0.2, -0.15) is 0 Å². The summed E-state index contributed by atoms with van der Waals surface area (Å²) in [4.78, 5) is 10.8. The smallest absolute Gasteiger partial charge is 0.273 e. The van der Waals surface area contributed by atoms with E-state index in [0.29, 0.717) is 0 Å². The standard InChI is InChI=1S/C12H12N2O5S2/c1-2-9-4-6-12(20-9)21(18,19)13-10-5-3-8(14(16)17)7-11(10)15/h3-7,13,15H,2H2,1H3. The first kappa shape index (κ1) is 15.3. The van der Waals surface area contributed by atoms with E-state index in [0.717, 1.165) is 40.8 Å². The fourth-order valence-corrected chi connectivity index (χ4v) is 3.98. The Kier molecular flexibility index (Phi) is 4.14. The fourth-order valence-electron chi connectivity index (χ4n) is 1.61. The van der Waals surface area contributed by atoms with Crippen LogP contribution in [0.15, 0.2) is 34.5 Å². The molecule has 1 aromatic heterocycles. The van der Waals surface area contributed by atoms with Gasteiger partial charge in [-0.15, -0.1) is 11.3 Å². The van der Waals surface area contributed by atoms with Gasteiger partial charge in [-0.1, -0.05) is 6.92 Å². The predicted octanol–water partition coefficient (Wildman–Crippen LogP) is 2.73. The van der Waals surface area contributed by atoms with Gasteiger partial charge in [-0.3, -0.25) is 14.8 Å². The number of anilines is 1. The summed E-state index contributed by atoms with van der Waals surface area (Å²) in [7, 11) is -3.82. The number of aromatic hydroxyl groups is 1. The van der Waals surface area contributed by atoms with Gasteiger partial charge in [0.25, 0.3) is 15.7 Å². The highest BCUT2D eigenvalue weighted by molar-refractivity contribution is 7.94. The summed E-state index contributed by atoms with van der Waals surface area (Å²) >= 11 is 1.13. The zero-order valence-electron chi connectivity index (χ0n) is 10.9. The van der Waals surface area contributed by atoms with E-state index >= 15 is 0 Å². The van der Waals surface area contributed by atoms with E-state index in [4.69, 9.17) is 0 Å².